The smallest absolute Gasteiger partial charge is 0.262 e. The first kappa shape index (κ1) is 13.2. The molecule has 0 saturated heterocycles. The third kappa shape index (κ3) is 2.21. The van der Waals surface area contributed by atoms with Crippen molar-refractivity contribution in [1.29, 1.82) is 0 Å². The van der Waals surface area contributed by atoms with E-state index in [9.17, 15) is 13.2 Å². The Morgan fingerprint density at radius 3 is 2.75 bits per heavy atom. The average molecular weight is 278 g/mol. The van der Waals surface area contributed by atoms with Crippen LogP contribution in [0.15, 0.2) is 30.3 Å². The van der Waals surface area contributed by atoms with Gasteiger partial charge < -0.3 is 0 Å². The number of benzene rings is 1. The fourth-order valence-corrected chi connectivity index (χ4v) is 2.64. The fraction of sp³-hybridized carbons (Fsp3) is 0.333. The van der Waals surface area contributed by atoms with E-state index in [1.807, 2.05) is 24.3 Å². The molecular weight excluding hydrogens is 265 g/mol. The molecule has 1 aromatic carbocycles. The largest absolute Gasteiger partial charge is 0.435 e. The number of rotatable bonds is 1. The zero-order chi connectivity index (χ0) is 14.3. The Kier molecular flexibility index (Phi) is 3.07. The summed E-state index contributed by atoms with van der Waals surface area (Å²) in [5.41, 5.74) is 1.65. The van der Waals surface area contributed by atoms with Gasteiger partial charge in [0.25, 0.3) is 0 Å². The molecule has 2 radical (unpaired) electrons. The van der Waals surface area contributed by atoms with Gasteiger partial charge in [0.1, 0.15) is 0 Å². The lowest BCUT2D eigenvalue weighted by molar-refractivity contribution is -0.141. The summed E-state index contributed by atoms with van der Waals surface area (Å²) < 4.78 is 39.8. The van der Waals surface area contributed by atoms with Gasteiger partial charge in [-0.05, 0) is 37.0 Å². The summed E-state index contributed by atoms with van der Waals surface area (Å²) in [5, 5.41) is 3.77. The van der Waals surface area contributed by atoms with Gasteiger partial charge in [-0.3, -0.25) is 4.68 Å². The van der Waals surface area contributed by atoms with Crippen molar-refractivity contribution >= 4 is 0 Å². The van der Waals surface area contributed by atoms with E-state index >= 15 is 0 Å². The molecule has 3 rings (SSSR count). The Bertz CT molecular complexity index is 628. The average Bonchev–Trinajstić information content (AvgIpc) is 2.80. The van der Waals surface area contributed by atoms with Crippen LogP contribution in [0.2, 0.25) is 0 Å². The molecule has 0 saturated carbocycles. The minimum Gasteiger partial charge on any atom is -0.262 e. The molecule has 1 unspecified atom stereocenters. The molecule has 0 fully saturated rings. The van der Waals surface area contributed by atoms with Gasteiger partial charge in [-0.25, -0.2) is 0 Å². The highest BCUT2D eigenvalue weighted by molar-refractivity contribution is 5.38. The van der Waals surface area contributed by atoms with Gasteiger partial charge >= 0.3 is 6.18 Å². The van der Waals surface area contributed by atoms with Crippen LogP contribution >= 0.6 is 0 Å². The van der Waals surface area contributed by atoms with Crippen molar-refractivity contribution < 1.29 is 13.2 Å². The molecule has 1 atom stereocenters. The maximum atomic E-state index is 12.8. The second kappa shape index (κ2) is 4.65. The van der Waals surface area contributed by atoms with E-state index in [1.54, 1.807) is 6.92 Å². The van der Waals surface area contributed by atoms with Gasteiger partial charge in [0.15, 0.2) is 5.69 Å². The predicted molar refractivity (Wildman–Crippen MR) is 68.1 cm³/mol. The third-order valence-corrected chi connectivity index (χ3v) is 3.56. The normalized spacial score (nSPS) is 18.9. The fourth-order valence-electron chi connectivity index (χ4n) is 2.64. The maximum Gasteiger partial charge on any atom is 0.435 e. The Morgan fingerprint density at radius 2 is 2.05 bits per heavy atom. The zero-order valence-electron chi connectivity index (χ0n) is 10.9. The van der Waals surface area contributed by atoms with Crippen molar-refractivity contribution in [2.75, 3.05) is 0 Å². The molecule has 2 aromatic rings. The number of hydrogen-bond acceptors (Lipinski definition) is 1. The molecule has 0 N–H and O–H groups in total. The highest BCUT2D eigenvalue weighted by atomic mass is 19.4. The second-order valence-corrected chi connectivity index (χ2v) is 4.93. The number of nitrogens with zero attached hydrogens (tertiary/aromatic N) is 2. The zero-order valence-corrected chi connectivity index (χ0v) is 10.9. The molecule has 0 bridgehead atoms. The van der Waals surface area contributed by atoms with Crippen molar-refractivity contribution in [1.82, 2.24) is 9.78 Å². The molecule has 20 heavy (non-hydrogen) atoms. The van der Waals surface area contributed by atoms with Gasteiger partial charge in [0.05, 0.1) is 6.04 Å². The van der Waals surface area contributed by atoms with Gasteiger partial charge in [0, 0.05) is 12.1 Å². The Hall–Kier alpha value is -1.78. The minimum atomic E-state index is -4.40. The first-order valence-corrected chi connectivity index (χ1v) is 6.43. The van der Waals surface area contributed by atoms with Crippen LogP contribution in [0.1, 0.15) is 41.4 Å². The van der Waals surface area contributed by atoms with Gasteiger partial charge in [-0.2, -0.15) is 18.3 Å². The van der Waals surface area contributed by atoms with Crippen LogP contribution in [0.25, 0.3) is 0 Å². The third-order valence-electron chi connectivity index (χ3n) is 3.56. The van der Waals surface area contributed by atoms with Crippen molar-refractivity contribution in [2.24, 2.45) is 0 Å². The number of fused-ring (bicyclic) bond motifs is 1. The van der Waals surface area contributed by atoms with Crippen molar-refractivity contribution in [3.05, 3.63) is 59.3 Å². The molecule has 5 heteroatoms. The second-order valence-electron chi connectivity index (χ2n) is 4.93. The molecule has 1 aliphatic carbocycles. The summed E-state index contributed by atoms with van der Waals surface area (Å²) in [4.78, 5) is 0. The topological polar surface area (TPSA) is 17.8 Å². The summed E-state index contributed by atoms with van der Waals surface area (Å²) in [6, 6.07) is 8.62. The van der Waals surface area contributed by atoms with Crippen LogP contribution in [0.5, 0.6) is 0 Å². The van der Waals surface area contributed by atoms with Crippen molar-refractivity contribution in [3.63, 3.8) is 0 Å². The SMILES string of the molecule is Cc1cc(C(F)(F)F)nn1C1CC[C]c2ccccc21. The standard InChI is InChI=1S/C15H13F3N2/c1-10-9-14(15(16,17)18)19-20(10)13-8-4-6-11-5-2-3-7-12(11)13/h2-3,5,7,9,13H,4,8H2,1H3. The summed E-state index contributed by atoms with van der Waals surface area (Å²) >= 11 is 0. The summed E-state index contributed by atoms with van der Waals surface area (Å²) in [6.07, 6.45) is 0.299. The molecule has 1 heterocycles. The van der Waals surface area contributed by atoms with Crippen LogP contribution < -0.4 is 0 Å². The van der Waals surface area contributed by atoms with E-state index in [2.05, 4.69) is 11.5 Å². The van der Waals surface area contributed by atoms with Gasteiger partial charge in [0.2, 0.25) is 0 Å². The van der Waals surface area contributed by atoms with E-state index in [1.165, 1.54) is 4.68 Å². The van der Waals surface area contributed by atoms with Crippen LogP contribution in [0.4, 0.5) is 13.2 Å². The Morgan fingerprint density at radius 1 is 1.30 bits per heavy atom. The lowest BCUT2D eigenvalue weighted by Gasteiger charge is -2.26. The quantitative estimate of drug-likeness (QED) is 0.770. The molecular formula is C15H13F3N2. The predicted octanol–water partition coefficient (Wildman–Crippen LogP) is 4.02. The summed E-state index contributed by atoms with van der Waals surface area (Å²) in [5.74, 6) is 0. The number of halogens is 3. The molecule has 1 aromatic heterocycles. The van der Waals surface area contributed by atoms with Crippen LogP contribution in [-0.2, 0) is 6.18 Å². The van der Waals surface area contributed by atoms with E-state index < -0.39 is 11.9 Å². The van der Waals surface area contributed by atoms with E-state index in [0.717, 1.165) is 30.0 Å². The highest BCUT2D eigenvalue weighted by Crippen LogP contribution is 2.36. The molecule has 0 amide bonds. The minimum absolute atomic E-state index is 0.149. The highest BCUT2D eigenvalue weighted by Gasteiger charge is 2.35. The van der Waals surface area contributed by atoms with Crippen LogP contribution in [-0.4, -0.2) is 9.78 Å². The molecule has 1 aliphatic rings. The number of alkyl halides is 3. The molecule has 104 valence electrons. The van der Waals surface area contributed by atoms with Crippen molar-refractivity contribution in [3.8, 4) is 0 Å². The summed E-state index contributed by atoms with van der Waals surface area (Å²) in [6.45, 7) is 1.66. The first-order chi connectivity index (χ1) is 9.47. The van der Waals surface area contributed by atoms with E-state index in [4.69, 9.17) is 0 Å². The number of aromatic nitrogens is 2. The van der Waals surface area contributed by atoms with Crippen LogP contribution in [0, 0.1) is 13.3 Å². The molecule has 0 aliphatic heterocycles. The molecule has 0 spiro atoms. The number of hydrogen-bond donors (Lipinski definition) is 0. The van der Waals surface area contributed by atoms with Gasteiger partial charge in [-0.15, -0.1) is 0 Å². The lowest BCUT2D eigenvalue weighted by Crippen LogP contribution is -2.19. The number of aryl methyl sites for hydroxylation is 1. The van der Waals surface area contributed by atoms with E-state index in [0.29, 0.717) is 5.69 Å². The van der Waals surface area contributed by atoms with E-state index in [-0.39, 0.29) is 6.04 Å². The molecule has 2 nitrogen and oxygen atoms in total. The lowest BCUT2D eigenvalue weighted by atomic mass is 9.88. The maximum absolute atomic E-state index is 12.8. The Labute approximate surface area is 115 Å². The summed E-state index contributed by atoms with van der Waals surface area (Å²) in [7, 11) is 0. The van der Waals surface area contributed by atoms with Crippen molar-refractivity contribution in [2.45, 2.75) is 32.0 Å². The monoisotopic (exact) mass is 278 g/mol. The first-order valence-electron chi connectivity index (χ1n) is 6.43. The Balaban J connectivity index is 2.05. The van der Waals surface area contributed by atoms with Gasteiger partial charge in [-0.1, -0.05) is 24.3 Å². The van der Waals surface area contributed by atoms with Crippen LogP contribution in [0.3, 0.4) is 0 Å².